The average molecular weight is 489 g/mol. The molecule has 0 spiro atoms. The highest BCUT2D eigenvalue weighted by Crippen LogP contribution is 2.30. The SMILES string of the molecule is CCN1CCN(c2ccc(F)cc2C(C)NC(=O)C(C)n2c(-c3cccs3)n[nH]c2=S)CC1. The third kappa shape index (κ3) is 5.02. The zero-order chi connectivity index (χ0) is 23.5. The van der Waals surface area contributed by atoms with Gasteiger partial charge in [0, 0.05) is 37.4 Å². The minimum absolute atomic E-state index is 0.205. The first-order valence-corrected chi connectivity index (χ1v) is 12.5. The molecular weight excluding hydrogens is 459 g/mol. The number of amides is 1. The number of anilines is 1. The van der Waals surface area contributed by atoms with E-state index in [9.17, 15) is 9.18 Å². The van der Waals surface area contributed by atoms with Crippen LogP contribution in [-0.2, 0) is 4.79 Å². The van der Waals surface area contributed by atoms with Crippen LogP contribution in [0, 0.1) is 10.6 Å². The number of benzene rings is 1. The first-order valence-electron chi connectivity index (χ1n) is 11.2. The molecule has 0 radical (unpaired) electrons. The molecule has 3 aromatic rings. The van der Waals surface area contributed by atoms with Crippen LogP contribution in [0.2, 0.25) is 0 Å². The van der Waals surface area contributed by atoms with E-state index in [2.05, 4.69) is 32.2 Å². The van der Waals surface area contributed by atoms with Gasteiger partial charge in [0.2, 0.25) is 5.91 Å². The molecule has 0 aliphatic carbocycles. The van der Waals surface area contributed by atoms with Gasteiger partial charge in [-0.3, -0.25) is 14.5 Å². The number of piperazine rings is 1. The van der Waals surface area contributed by atoms with E-state index < -0.39 is 6.04 Å². The molecule has 1 fully saturated rings. The van der Waals surface area contributed by atoms with Crippen molar-refractivity contribution in [1.29, 1.82) is 0 Å². The summed E-state index contributed by atoms with van der Waals surface area (Å²) in [6, 6.07) is 7.75. The van der Waals surface area contributed by atoms with Gasteiger partial charge in [-0.25, -0.2) is 4.39 Å². The molecular formula is C23H29FN6OS2. The Labute approximate surface area is 202 Å². The van der Waals surface area contributed by atoms with E-state index >= 15 is 0 Å². The van der Waals surface area contributed by atoms with Gasteiger partial charge in [0.1, 0.15) is 11.9 Å². The standard InChI is InChI=1S/C23H29FN6OS2/c1-4-28-9-11-29(12-10-28)19-8-7-17(24)14-18(19)15(2)25-22(31)16(3)30-21(26-27-23(30)32)20-6-5-13-33-20/h5-8,13-16H,4,9-12H2,1-3H3,(H,25,31)(H,27,32). The third-order valence-corrected chi connectivity index (χ3v) is 7.34. The number of aromatic amines is 1. The second-order valence-electron chi connectivity index (χ2n) is 8.23. The van der Waals surface area contributed by atoms with Gasteiger partial charge in [-0.2, -0.15) is 5.10 Å². The molecule has 3 heterocycles. The molecule has 1 amide bonds. The minimum Gasteiger partial charge on any atom is -0.369 e. The fourth-order valence-corrected chi connectivity index (χ4v) is 5.24. The summed E-state index contributed by atoms with van der Waals surface area (Å²) >= 11 is 6.93. The number of rotatable bonds is 7. The van der Waals surface area contributed by atoms with Crippen LogP contribution in [0.1, 0.15) is 38.4 Å². The fourth-order valence-electron chi connectivity index (χ4n) is 4.24. The quantitative estimate of drug-likeness (QED) is 0.483. The Hall–Kier alpha value is -2.56. The highest BCUT2D eigenvalue weighted by Gasteiger charge is 2.25. The molecule has 2 atom stereocenters. The molecule has 33 heavy (non-hydrogen) atoms. The van der Waals surface area contributed by atoms with Gasteiger partial charge < -0.3 is 15.1 Å². The van der Waals surface area contributed by atoms with Crippen molar-refractivity contribution in [3.05, 3.63) is 51.9 Å². The summed E-state index contributed by atoms with van der Waals surface area (Å²) in [7, 11) is 0. The van der Waals surface area contributed by atoms with E-state index in [0.29, 0.717) is 10.6 Å². The van der Waals surface area contributed by atoms with Crippen molar-refractivity contribution in [1.82, 2.24) is 25.0 Å². The molecule has 2 unspecified atom stereocenters. The van der Waals surface area contributed by atoms with Crippen molar-refractivity contribution >= 4 is 35.1 Å². The molecule has 10 heteroatoms. The van der Waals surface area contributed by atoms with Crippen LogP contribution in [0.5, 0.6) is 0 Å². The number of H-pyrrole nitrogens is 1. The first-order chi connectivity index (χ1) is 15.9. The van der Waals surface area contributed by atoms with E-state index in [1.165, 1.54) is 23.5 Å². The maximum absolute atomic E-state index is 14.2. The minimum atomic E-state index is -0.582. The number of likely N-dealkylation sites (N-methyl/N-ethyl adjacent to an activating group) is 1. The Morgan fingerprint density at radius 1 is 1.27 bits per heavy atom. The number of hydrogen-bond donors (Lipinski definition) is 2. The van der Waals surface area contributed by atoms with E-state index in [1.807, 2.05) is 30.5 Å². The van der Waals surface area contributed by atoms with Crippen LogP contribution in [-0.4, -0.2) is 58.3 Å². The van der Waals surface area contributed by atoms with E-state index in [-0.39, 0.29) is 17.8 Å². The number of carbonyl (C=O) groups is 1. The van der Waals surface area contributed by atoms with E-state index in [0.717, 1.165) is 48.9 Å². The smallest absolute Gasteiger partial charge is 0.243 e. The van der Waals surface area contributed by atoms with Gasteiger partial charge in [-0.15, -0.1) is 11.3 Å². The van der Waals surface area contributed by atoms with Crippen LogP contribution >= 0.6 is 23.6 Å². The summed E-state index contributed by atoms with van der Waals surface area (Å²) in [5.74, 6) is 0.112. The van der Waals surface area contributed by atoms with Crippen LogP contribution < -0.4 is 10.2 Å². The molecule has 1 aliphatic rings. The Morgan fingerprint density at radius 2 is 2.03 bits per heavy atom. The number of hydrogen-bond acceptors (Lipinski definition) is 6. The number of nitrogens with one attached hydrogen (secondary N) is 2. The number of nitrogens with zero attached hydrogens (tertiary/aromatic N) is 4. The van der Waals surface area contributed by atoms with Gasteiger partial charge >= 0.3 is 0 Å². The summed E-state index contributed by atoms with van der Waals surface area (Å²) in [6.45, 7) is 10.5. The Bertz CT molecular complexity index is 1150. The molecule has 176 valence electrons. The van der Waals surface area contributed by atoms with Crippen LogP contribution in [0.25, 0.3) is 10.7 Å². The average Bonchev–Trinajstić information content (AvgIpc) is 3.48. The topological polar surface area (TPSA) is 69.2 Å². The van der Waals surface area contributed by atoms with Gasteiger partial charge in [0.05, 0.1) is 10.9 Å². The van der Waals surface area contributed by atoms with Crippen molar-refractivity contribution < 1.29 is 9.18 Å². The molecule has 4 rings (SSSR count). The van der Waals surface area contributed by atoms with Crippen molar-refractivity contribution in [3.63, 3.8) is 0 Å². The molecule has 1 saturated heterocycles. The van der Waals surface area contributed by atoms with Gasteiger partial charge in [0.15, 0.2) is 10.6 Å². The monoisotopic (exact) mass is 488 g/mol. The van der Waals surface area contributed by atoms with Crippen LogP contribution in [0.3, 0.4) is 0 Å². The predicted molar refractivity (Wildman–Crippen MR) is 133 cm³/mol. The van der Waals surface area contributed by atoms with Crippen molar-refractivity contribution in [2.45, 2.75) is 32.9 Å². The number of thiophene rings is 1. The Kier molecular flexibility index (Phi) is 7.26. The molecule has 0 bridgehead atoms. The molecule has 1 aromatic carbocycles. The molecule has 7 nitrogen and oxygen atoms in total. The lowest BCUT2D eigenvalue weighted by Gasteiger charge is -2.37. The predicted octanol–water partition coefficient (Wildman–Crippen LogP) is 4.39. The Morgan fingerprint density at radius 3 is 2.70 bits per heavy atom. The maximum Gasteiger partial charge on any atom is 0.243 e. The zero-order valence-corrected chi connectivity index (χ0v) is 20.7. The number of carbonyl (C=O) groups excluding carboxylic acids is 1. The highest BCUT2D eigenvalue weighted by molar-refractivity contribution is 7.71. The summed E-state index contributed by atoms with van der Waals surface area (Å²) in [5, 5.41) is 12.1. The number of aromatic nitrogens is 3. The summed E-state index contributed by atoms with van der Waals surface area (Å²) in [6.07, 6.45) is 0. The zero-order valence-electron chi connectivity index (χ0n) is 19.0. The molecule has 0 saturated carbocycles. The highest BCUT2D eigenvalue weighted by atomic mass is 32.1. The second-order valence-corrected chi connectivity index (χ2v) is 9.56. The van der Waals surface area contributed by atoms with Crippen molar-refractivity contribution in [2.75, 3.05) is 37.6 Å². The van der Waals surface area contributed by atoms with E-state index in [1.54, 1.807) is 11.5 Å². The summed E-state index contributed by atoms with van der Waals surface area (Å²) in [5.41, 5.74) is 1.74. The summed E-state index contributed by atoms with van der Waals surface area (Å²) < 4.78 is 16.3. The second kappa shape index (κ2) is 10.1. The largest absolute Gasteiger partial charge is 0.369 e. The lowest BCUT2D eigenvalue weighted by molar-refractivity contribution is -0.124. The molecule has 1 aliphatic heterocycles. The van der Waals surface area contributed by atoms with Gasteiger partial charge in [-0.1, -0.05) is 13.0 Å². The maximum atomic E-state index is 14.2. The number of halogens is 1. The molecule has 2 N–H and O–H groups in total. The van der Waals surface area contributed by atoms with Crippen molar-refractivity contribution in [3.8, 4) is 10.7 Å². The summed E-state index contributed by atoms with van der Waals surface area (Å²) in [4.78, 5) is 18.8. The third-order valence-electron chi connectivity index (χ3n) is 6.19. The normalized spacial score (nSPS) is 16.5. The lowest BCUT2D eigenvalue weighted by atomic mass is 10.0. The lowest BCUT2D eigenvalue weighted by Crippen LogP contribution is -2.46. The van der Waals surface area contributed by atoms with Crippen LogP contribution in [0.15, 0.2) is 35.7 Å². The van der Waals surface area contributed by atoms with Crippen molar-refractivity contribution in [2.24, 2.45) is 0 Å². The van der Waals surface area contributed by atoms with Gasteiger partial charge in [-0.05, 0) is 62.3 Å². The molecule has 2 aromatic heterocycles. The van der Waals surface area contributed by atoms with Crippen LogP contribution in [0.4, 0.5) is 10.1 Å². The first kappa shape index (κ1) is 23.6. The van der Waals surface area contributed by atoms with Gasteiger partial charge in [0.25, 0.3) is 0 Å². The van der Waals surface area contributed by atoms with E-state index in [4.69, 9.17) is 12.2 Å². The Balaban J connectivity index is 1.54. The fraction of sp³-hybridized carbons (Fsp3) is 0.435.